The number of nitrogens with zero attached hydrogens (tertiary/aromatic N) is 2. The average Bonchev–Trinajstić information content (AvgIpc) is 2.75. The van der Waals surface area contributed by atoms with E-state index in [2.05, 4.69) is 5.32 Å². The number of urea groups is 1. The monoisotopic (exact) mass is 484 g/mol. The van der Waals surface area contributed by atoms with Gasteiger partial charge in [0.05, 0.1) is 5.02 Å². The van der Waals surface area contributed by atoms with Gasteiger partial charge in [-0.1, -0.05) is 35.3 Å². The fourth-order valence-electron chi connectivity index (χ4n) is 3.25. The van der Waals surface area contributed by atoms with Crippen molar-refractivity contribution >= 4 is 45.2 Å². The fraction of sp³-hybridized carbons (Fsp3) is 0.300. The molecule has 2 aromatic rings. The molecule has 166 valence electrons. The number of hydrogen-bond donors (Lipinski definition) is 2. The van der Waals surface area contributed by atoms with Crippen molar-refractivity contribution in [2.75, 3.05) is 32.7 Å². The van der Waals surface area contributed by atoms with Gasteiger partial charge in [-0.05, 0) is 42.3 Å². The number of sulfonamides is 1. The number of nitrogens with one attached hydrogen (secondary N) is 1. The molecule has 0 bridgehead atoms. The van der Waals surface area contributed by atoms with E-state index < -0.39 is 15.9 Å². The maximum atomic E-state index is 12.9. The highest BCUT2D eigenvalue weighted by Crippen LogP contribution is 2.28. The zero-order valence-corrected chi connectivity index (χ0v) is 18.9. The van der Waals surface area contributed by atoms with Gasteiger partial charge in [-0.15, -0.1) is 0 Å². The maximum Gasteiger partial charge on any atom is 0.317 e. The summed E-state index contributed by atoms with van der Waals surface area (Å²) in [5.41, 5.74) is 6.57. The number of carbonyl (C=O) groups is 2. The van der Waals surface area contributed by atoms with Crippen LogP contribution >= 0.6 is 23.2 Å². The first-order chi connectivity index (χ1) is 14.7. The number of hydrogen-bond acceptors (Lipinski definition) is 4. The summed E-state index contributed by atoms with van der Waals surface area (Å²) in [5.74, 6) is -0.502. The smallest absolute Gasteiger partial charge is 0.317 e. The molecule has 0 aliphatic carbocycles. The van der Waals surface area contributed by atoms with Crippen LogP contribution in [0, 0.1) is 0 Å². The largest absolute Gasteiger partial charge is 0.366 e. The summed E-state index contributed by atoms with van der Waals surface area (Å²) >= 11 is 12.0. The van der Waals surface area contributed by atoms with Gasteiger partial charge < -0.3 is 16.0 Å². The Morgan fingerprint density at radius 1 is 1.03 bits per heavy atom. The molecule has 11 heteroatoms. The molecule has 3 amide bonds. The van der Waals surface area contributed by atoms with Gasteiger partial charge in [0.2, 0.25) is 15.9 Å². The second-order valence-electron chi connectivity index (χ2n) is 7.01. The lowest BCUT2D eigenvalue weighted by molar-refractivity contribution is 0.1000. The lowest BCUT2D eigenvalue weighted by Gasteiger charge is -2.34. The van der Waals surface area contributed by atoms with E-state index in [9.17, 15) is 18.0 Å². The van der Waals surface area contributed by atoms with Gasteiger partial charge >= 0.3 is 6.03 Å². The molecule has 31 heavy (non-hydrogen) atoms. The number of piperazine rings is 1. The van der Waals surface area contributed by atoms with Gasteiger partial charge in [0.25, 0.3) is 0 Å². The quantitative estimate of drug-likeness (QED) is 0.654. The van der Waals surface area contributed by atoms with Crippen molar-refractivity contribution in [3.05, 3.63) is 63.6 Å². The second-order valence-corrected chi connectivity index (χ2v) is 9.76. The zero-order chi connectivity index (χ0) is 22.6. The molecule has 1 fully saturated rings. The number of halogens is 2. The summed E-state index contributed by atoms with van der Waals surface area (Å²) in [6.45, 7) is 1.18. The molecule has 1 heterocycles. The number of amides is 3. The number of carbonyl (C=O) groups excluding carboxylic acids is 2. The van der Waals surface area contributed by atoms with Gasteiger partial charge in [0, 0.05) is 43.3 Å². The van der Waals surface area contributed by atoms with Crippen molar-refractivity contribution in [2.45, 2.75) is 11.3 Å². The van der Waals surface area contributed by atoms with Gasteiger partial charge in [0.1, 0.15) is 4.90 Å². The lowest BCUT2D eigenvalue weighted by atomic mass is 10.1. The molecule has 8 nitrogen and oxygen atoms in total. The molecule has 3 rings (SSSR count). The Bertz CT molecular complexity index is 1090. The molecule has 0 saturated carbocycles. The summed E-state index contributed by atoms with van der Waals surface area (Å²) < 4.78 is 27.0. The van der Waals surface area contributed by atoms with E-state index in [0.717, 1.165) is 5.56 Å². The van der Waals surface area contributed by atoms with Crippen LogP contribution in [0.1, 0.15) is 15.9 Å². The highest BCUT2D eigenvalue weighted by atomic mass is 35.5. The van der Waals surface area contributed by atoms with Crippen molar-refractivity contribution in [3.63, 3.8) is 0 Å². The van der Waals surface area contributed by atoms with Gasteiger partial charge in [-0.3, -0.25) is 4.79 Å². The predicted molar refractivity (Wildman–Crippen MR) is 119 cm³/mol. The van der Waals surface area contributed by atoms with Crippen LogP contribution < -0.4 is 11.1 Å². The third-order valence-electron chi connectivity index (χ3n) is 4.94. The Morgan fingerprint density at radius 2 is 1.74 bits per heavy atom. The number of nitrogens with two attached hydrogens (primary N) is 1. The van der Waals surface area contributed by atoms with E-state index in [4.69, 9.17) is 28.9 Å². The molecule has 0 unspecified atom stereocenters. The first kappa shape index (κ1) is 23.3. The molecular weight excluding hydrogens is 463 g/mol. The summed E-state index contributed by atoms with van der Waals surface area (Å²) in [6.07, 6.45) is 0.536. The van der Waals surface area contributed by atoms with Crippen molar-refractivity contribution in [1.29, 1.82) is 0 Å². The molecular formula is C20H22Cl2N4O4S. The highest BCUT2D eigenvalue weighted by molar-refractivity contribution is 7.89. The Labute approximate surface area is 191 Å². The van der Waals surface area contributed by atoms with Gasteiger partial charge in [0.15, 0.2) is 0 Å². The van der Waals surface area contributed by atoms with Crippen LogP contribution in [0.15, 0.2) is 47.4 Å². The van der Waals surface area contributed by atoms with Crippen LogP contribution in [0.25, 0.3) is 0 Å². The number of benzene rings is 2. The van der Waals surface area contributed by atoms with Crippen LogP contribution in [0.3, 0.4) is 0 Å². The molecule has 0 aromatic heterocycles. The van der Waals surface area contributed by atoms with E-state index >= 15 is 0 Å². The van der Waals surface area contributed by atoms with Crippen molar-refractivity contribution in [3.8, 4) is 0 Å². The molecule has 1 aliphatic heterocycles. The van der Waals surface area contributed by atoms with E-state index in [0.29, 0.717) is 18.5 Å². The van der Waals surface area contributed by atoms with E-state index in [1.807, 2.05) is 6.07 Å². The molecule has 1 saturated heterocycles. The SMILES string of the molecule is NC(=O)c1cccc(CCNC(=O)N2CCN(S(=O)(=O)c3cc(Cl)ccc3Cl)CC2)c1. The maximum absolute atomic E-state index is 12.9. The third-order valence-corrected chi connectivity index (χ3v) is 7.55. The van der Waals surface area contributed by atoms with E-state index in [1.54, 1.807) is 23.1 Å². The zero-order valence-electron chi connectivity index (χ0n) is 16.6. The minimum Gasteiger partial charge on any atom is -0.366 e. The fourth-order valence-corrected chi connectivity index (χ4v) is 5.41. The number of rotatable bonds is 6. The van der Waals surface area contributed by atoms with E-state index in [1.165, 1.54) is 22.5 Å². The van der Waals surface area contributed by atoms with Crippen molar-refractivity contribution in [2.24, 2.45) is 5.73 Å². The van der Waals surface area contributed by atoms with Crippen LogP contribution in [0.5, 0.6) is 0 Å². The van der Waals surface area contributed by atoms with Crippen LogP contribution in [-0.4, -0.2) is 62.3 Å². The molecule has 0 atom stereocenters. The Kier molecular flexibility index (Phi) is 7.42. The molecule has 1 aliphatic rings. The standard InChI is InChI=1S/C20H22Cl2N4O4S/c21-16-4-5-17(22)18(13-16)31(29,30)26-10-8-25(9-11-26)20(28)24-7-6-14-2-1-3-15(12-14)19(23)27/h1-5,12-13H,6-11H2,(H2,23,27)(H,24,28). The Balaban J connectivity index is 1.52. The summed E-state index contributed by atoms with van der Waals surface area (Å²) in [6, 6.07) is 10.9. The normalized spacial score (nSPS) is 15.0. The molecule has 0 spiro atoms. The first-order valence-corrected chi connectivity index (χ1v) is 11.7. The van der Waals surface area contributed by atoms with Crippen LogP contribution in [0.4, 0.5) is 4.79 Å². The van der Waals surface area contributed by atoms with Crippen LogP contribution in [0.2, 0.25) is 10.0 Å². The van der Waals surface area contributed by atoms with E-state index in [-0.39, 0.29) is 47.2 Å². The van der Waals surface area contributed by atoms with Gasteiger partial charge in [-0.2, -0.15) is 4.31 Å². The third kappa shape index (κ3) is 5.68. The lowest BCUT2D eigenvalue weighted by Crippen LogP contribution is -2.53. The first-order valence-electron chi connectivity index (χ1n) is 9.55. The predicted octanol–water partition coefficient (Wildman–Crippen LogP) is 2.35. The van der Waals surface area contributed by atoms with Gasteiger partial charge in [-0.25, -0.2) is 13.2 Å². The Morgan fingerprint density at radius 3 is 2.42 bits per heavy atom. The average molecular weight is 485 g/mol. The summed E-state index contributed by atoms with van der Waals surface area (Å²) in [5, 5.41) is 3.20. The number of primary amides is 1. The topological polar surface area (TPSA) is 113 Å². The van der Waals surface area contributed by atoms with Crippen LogP contribution in [-0.2, 0) is 16.4 Å². The Hall–Kier alpha value is -2.33. The minimum atomic E-state index is -3.81. The van der Waals surface area contributed by atoms with Crippen molar-refractivity contribution < 1.29 is 18.0 Å². The highest BCUT2D eigenvalue weighted by Gasteiger charge is 2.31. The second kappa shape index (κ2) is 9.86. The summed E-state index contributed by atoms with van der Waals surface area (Å²) in [7, 11) is -3.81. The molecule has 0 radical (unpaired) electrons. The minimum absolute atomic E-state index is 0.0437. The summed E-state index contributed by atoms with van der Waals surface area (Å²) in [4.78, 5) is 25.2. The molecule has 2 aromatic carbocycles. The van der Waals surface area contributed by atoms with Crippen molar-refractivity contribution in [1.82, 2.24) is 14.5 Å². The molecule has 3 N–H and O–H groups in total.